The number of nitrogens with zero attached hydrogens (tertiary/aromatic N) is 1. The molecule has 2 aromatic rings. The number of halogens is 1. The first kappa shape index (κ1) is 17.6. The topological polar surface area (TPSA) is 98.5 Å². The predicted octanol–water partition coefficient (Wildman–Crippen LogP) is 3.46. The lowest BCUT2D eigenvalue weighted by atomic mass is 10.1. The molecule has 0 unspecified atom stereocenters. The highest BCUT2D eigenvalue weighted by molar-refractivity contribution is 9.10. The van der Waals surface area contributed by atoms with E-state index in [-0.39, 0.29) is 16.8 Å². The third kappa shape index (κ3) is 4.39. The number of nitro groups is 1. The molecule has 1 N–H and O–H groups in total. The highest BCUT2D eigenvalue weighted by Crippen LogP contribution is 2.21. The normalized spacial score (nSPS) is 10.1. The van der Waals surface area contributed by atoms with Gasteiger partial charge in [-0.2, -0.15) is 0 Å². The molecule has 0 fully saturated rings. The fourth-order valence-corrected chi connectivity index (χ4v) is 2.41. The Labute approximate surface area is 145 Å². The molecule has 0 aliphatic carbocycles. The van der Waals surface area contributed by atoms with E-state index in [2.05, 4.69) is 21.2 Å². The van der Waals surface area contributed by atoms with E-state index < -0.39 is 23.4 Å². The summed E-state index contributed by atoms with van der Waals surface area (Å²) >= 11 is 3.28. The molecule has 7 nitrogen and oxygen atoms in total. The molecule has 0 bridgehead atoms. The molecule has 8 heteroatoms. The van der Waals surface area contributed by atoms with E-state index in [1.165, 1.54) is 25.1 Å². The maximum absolute atomic E-state index is 12.0. The van der Waals surface area contributed by atoms with Crippen LogP contribution < -0.4 is 5.32 Å². The number of hydrogen-bond acceptors (Lipinski definition) is 5. The van der Waals surface area contributed by atoms with Gasteiger partial charge in [-0.3, -0.25) is 14.9 Å². The van der Waals surface area contributed by atoms with Gasteiger partial charge in [0.15, 0.2) is 6.61 Å². The minimum atomic E-state index is -0.791. The van der Waals surface area contributed by atoms with Crippen molar-refractivity contribution in [3.63, 3.8) is 0 Å². The summed E-state index contributed by atoms with van der Waals surface area (Å²) in [6.45, 7) is 0.962. The highest BCUT2D eigenvalue weighted by atomic mass is 79.9. The van der Waals surface area contributed by atoms with Crippen LogP contribution in [-0.4, -0.2) is 23.4 Å². The monoisotopic (exact) mass is 392 g/mol. The van der Waals surface area contributed by atoms with Crippen molar-refractivity contribution in [2.24, 2.45) is 0 Å². The van der Waals surface area contributed by atoms with Crippen LogP contribution in [0.25, 0.3) is 0 Å². The third-order valence-electron chi connectivity index (χ3n) is 3.16. The van der Waals surface area contributed by atoms with E-state index in [9.17, 15) is 19.7 Å². The third-order valence-corrected chi connectivity index (χ3v) is 3.66. The summed E-state index contributed by atoms with van der Waals surface area (Å²) < 4.78 is 5.72. The molecule has 24 heavy (non-hydrogen) atoms. The maximum atomic E-state index is 12.0. The number of ether oxygens (including phenoxy) is 1. The van der Waals surface area contributed by atoms with E-state index in [0.29, 0.717) is 5.69 Å². The van der Waals surface area contributed by atoms with Gasteiger partial charge in [0.1, 0.15) is 0 Å². The number of hydrogen-bond donors (Lipinski definition) is 1. The number of rotatable bonds is 5. The Morgan fingerprint density at radius 2 is 1.96 bits per heavy atom. The summed E-state index contributed by atoms with van der Waals surface area (Å²) in [5.74, 6) is -1.30. The second-order valence-electron chi connectivity index (χ2n) is 4.84. The number of carbonyl (C=O) groups excluding carboxylic acids is 2. The van der Waals surface area contributed by atoms with Gasteiger partial charge in [0.25, 0.3) is 11.6 Å². The summed E-state index contributed by atoms with van der Waals surface area (Å²) in [7, 11) is 0. The molecule has 0 aromatic heterocycles. The van der Waals surface area contributed by atoms with Crippen molar-refractivity contribution in [2.75, 3.05) is 11.9 Å². The molecule has 0 aliphatic rings. The second kappa shape index (κ2) is 7.69. The number of nitrogens with one attached hydrogen (secondary N) is 1. The van der Waals surface area contributed by atoms with Gasteiger partial charge in [-0.1, -0.05) is 28.1 Å². The molecule has 0 spiro atoms. The number of nitro benzene ring substituents is 1. The van der Waals surface area contributed by atoms with E-state index in [1.807, 2.05) is 0 Å². The molecule has 124 valence electrons. The number of esters is 1. The van der Waals surface area contributed by atoms with Crippen molar-refractivity contribution in [2.45, 2.75) is 6.92 Å². The van der Waals surface area contributed by atoms with Gasteiger partial charge >= 0.3 is 5.97 Å². The number of carbonyl (C=O) groups is 2. The predicted molar refractivity (Wildman–Crippen MR) is 90.9 cm³/mol. The lowest BCUT2D eigenvalue weighted by Crippen LogP contribution is -2.21. The Kier molecular flexibility index (Phi) is 5.64. The SMILES string of the molecule is Cc1c(C(=O)OCC(=O)Nc2cccc(Br)c2)cccc1[N+](=O)[O-]. The van der Waals surface area contributed by atoms with Crippen molar-refractivity contribution >= 4 is 39.2 Å². The Morgan fingerprint density at radius 1 is 1.25 bits per heavy atom. The highest BCUT2D eigenvalue weighted by Gasteiger charge is 2.19. The van der Waals surface area contributed by atoms with Crippen LogP contribution in [0.3, 0.4) is 0 Å². The molecule has 2 rings (SSSR count). The Hall–Kier alpha value is -2.74. The van der Waals surface area contributed by atoms with Crippen molar-refractivity contribution < 1.29 is 19.2 Å². The number of anilines is 1. The minimum Gasteiger partial charge on any atom is -0.452 e. The van der Waals surface area contributed by atoms with Crippen LogP contribution in [0.1, 0.15) is 15.9 Å². The van der Waals surface area contributed by atoms with E-state index >= 15 is 0 Å². The second-order valence-corrected chi connectivity index (χ2v) is 5.76. The summed E-state index contributed by atoms with van der Waals surface area (Å²) in [6, 6.07) is 11.0. The molecule has 0 heterocycles. The average molecular weight is 393 g/mol. The van der Waals surface area contributed by atoms with Gasteiger partial charge in [0, 0.05) is 21.8 Å². The molecule has 0 atom stereocenters. The quantitative estimate of drug-likeness (QED) is 0.477. The molecular weight excluding hydrogens is 380 g/mol. The first-order valence-corrected chi connectivity index (χ1v) is 7.64. The molecule has 0 saturated heterocycles. The van der Waals surface area contributed by atoms with Crippen molar-refractivity contribution in [3.8, 4) is 0 Å². The standard InChI is InChI=1S/C16H13BrN2O5/c1-10-13(6-3-7-14(10)19(22)23)16(21)24-9-15(20)18-12-5-2-4-11(17)8-12/h2-8H,9H2,1H3,(H,18,20). The fourth-order valence-electron chi connectivity index (χ4n) is 2.01. The van der Waals surface area contributed by atoms with Gasteiger partial charge in [-0.25, -0.2) is 4.79 Å². The van der Waals surface area contributed by atoms with E-state index in [1.54, 1.807) is 24.3 Å². The lowest BCUT2D eigenvalue weighted by molar-refractivity contribution is -0.385. The zero-order valence-electron chi connectivity index (χ0n) is 12.6. The average Bonchev–Trinajstić information content (AvgIpc) is 2.52. The van der Waals surface area contributed by atoms with Crippen molar-refractivity contribution in [1.29, 1.82) is 0 Å². The van der Waals surface area contributed by atoms with E-state index in [0.717, 1.165) is 4.47 Å². The van der Waals surface area contributed by atoms with Gasteiger partial charge < -0.3 is 10.1 Å². The largest absolute Gasteiger partial charge is 0.452 e. The summed E-state index contributed by atoms with van der Waals surface area (Å²) in [4.78, 5) is 34.1. The van der Waals surface area contributed by atoms with Gasteiger partial charge in [-0.15, -0.1) is 0 Å². The van der Waals surface area contributed by atoms with Gasteiger partial charge in [0.2, 0.25) is 0 Å². The van der Waals surface area contributed by atoms with Crippen LogP contribution in [0.4, 0.5) is 11.4 Å². The summed E-state index contributed by atoms with van der Waals surface area (Å²) in [5.41, 5.74) is 0.624. The van der Waals surface area contributed by atoms with Crippen LogP contribution in [-0.2, 0) is 9.53 Å². The zero-order chi connectivity index (χ0) is 17.7. The van der Waals surface area contributed by atoms with E-state index in [4.69, 9.17) is 4.74 Å². The molecule has 0 saturated carbocycles. The van der Waals surface area contributed by atoms with Crippen molar-refractivity contribution in [3.05, 3.63) is 68.2 Å². The smallest absolute Gasteiger partial charge is 0.339 e. The summed E-state index contributed by atoms with van der Waals surface area (Å²) in [5, 5.41) is 13.5. The Bertz CT molecular complexity index is 807. The van der Waals surface area contributed by atoms with Crippen LogP contribution in [0.5, 0.6) is 0 Å². The molecule has 1 amide bonds. The molecule has 2 aromatic carbocycles. The first-order chi connectivity index (χ1) is 11.4. The Morgan fingerprint density at radius 3 is 2.62 bits per heavy atom. The van der Waals surface area contributed by atoms with Crippen LogP contribution in [0.15, 0.2) is 46.9 Å². The van der Waals surface area contributed by atoms with Crippen LogP contribution in [0.2, 0.25) is 0 Å². The summed E-state index contributed by atoms with van der Waals surface area (Å²) in [6.07, 6.45) is 0. The molecule has 0 aliphatic heterocycles. The van der Waals surface area contributed by atoms with Gasteiger partial charge in [-0.05, 0) is 31.2 Å². The fraction of sp³-hybridized carbons (Fsp3) is 0.125. The minimum absolute atomic E-state index is 0.0551. The first-order valence-electron chi connectivity index (χ1n) is 6.85. The Balaban J connectivity index is 1.99. The number of amides is 1. The van der Waals surface area contributed by atoms with Crippen LogP contribution in [0, 0.1) is 17.0 Å². The number of benzene rings is 2. The molecular formula is C16H13BrN2O5. The maximum Gasteiger partial charge on any atom is 0.339 e. The lowest BCUT2D eigenvalue weighted by Gasteiger charge is -2.08. The zero-order valence-corrected chi connectivity index (χ0v) is 14.2. The molecule has 0 radical (unpaired) electrons. The van der Waals surface area contributed by atoms with Crippen molar-refractivity contribution in [1.82, 2.24) is 0 Å². The van der Waals surface area contributed by atoms with Crippen LogP contribution >= 0.6 is 15.9 Å². The van der Waals surface area contributed by atoms with Gasteiger partial charge in [0.05, 0.1) is 10.5 Å².